The summed E-state index contributed by atoms with van der Waals surface area (Å²) in [7, 11) is 0. The Bertz CT molecular complexity index is 479. The fourth-order valence-corrected chi connectivity index (χ4v) is 3.71. The molecule has 0 radical (unpaired) electrons. The first-order valence-corrected chi connectivity index (χ1v) is 8.47. The van der Waals surface area contributed by atoms with Gasteiger partial charge in [0.15, 0.2) is 0 Å². The van der Waals surface area contributed by atoms with Crippen molar-refractivity contribution >= 4 is 11.6 Å². The molecule has 3 heteroatoms. The molecule has 2 rings (SSSR count). The third-order valence-corrected chi connectivity index (χ3v) is 5.23. The van der Waals surface area contributed by atoms with Gasteiger partial charge in [0.05, 0.1) is 0 Å². The average Bonchev–Trinajstić information content (AvgIpc) is 2.41. The van der Waals surface area contributed by atoms with E-state index in [-0.39, 0.29) is 21.2 Å². The number of ether oxygens (including phenoxy) is 1. The number of hydrogen-bond acceptors (Lipinski definition) is 1. The number of benzene rings is 2. The Labute approximate surface area is 123 Å². The summed E-state index contributed by atoms with van der Waals surface area (Å²) in [5.41, 5.74) is 1.31. The molecule has 0 bridgehead atoms. The average molecular weight is 374 g/mol. The Kier molecular flexibility index (Phi) is 5.32. The SMILES string of the molecule is Cc1ccc([I-]c2ccc(OCCCl)cc2)cc1. The molecular weight excluding hydrogens is 359 g/mol. The van der Waals surface area contributed by atoms with Crippen LogP contribution in [-0.4, -0.2) is 12.5 Å². The zero-order valence-corrected chi connectivity index (χ0v) is 13.1. The second-order valence-corrected chi connectivity index (χ2v) is 7.29. The number of halogens is 2. The van der Waals surface area contributed by atoms with Crippen LogP contribution >= 0.6 is 11.6 Å². The van der Waals surface area contributed by atoms with Gasteiger partial charge in [0.25, 0.3) is 0 Å². The normalized spacial score (nSPS) is 10.6. The molecule has 2 aromatic rings. The van der Waals surface area contributed by atoms with E-state index in [2.05, 4.69) is 43.3 Å². The molecule has 0 saturated carbocycles. The zero-order chi connectivity index (χ0) is 12.8. The molecule has 0 fully saturated rings. The van der Waals surface area contributed by atoms with Gasteiger partial charge < -0.3 is 0 Å². The molecule has 0 spiro atoms. The molecule has 0 aliphatic heterocycles. The fraction of sp³-hybridized carbons (Fsp3) is 0.200. The molecule has 1 nitrogen and oxygen atoms in total. The second-order valence-electron chi connectivity index (χ2n) is 3.88. The van der Waals surface area contributed by atoms with Crippen molar-refractivity contribution in [1.82, 2.24) is 0 Å². The minimum absolute atomic E-state index is 0.0921. The van der Waals surface area contributed by atoms with Crippen LogP contribution in [0.15, 0.2) is 48.5 Å². The molecule has 0 aliphatic carbocycles. The van der Waals surface area contributed by atoms with Gasteiger partial charge in [0.1, 0.15) is 0 Å². The Hall–Kier alpha value is -0.740. The molecule has 0 heterocycles. The molecule has 0 unspecified atom stereocenters. The van der Waals surface area contributed by atoms with E-state index in [9.17, 15) is 0 Å². The Balaban J connectivity index is 1.99. The van der Waals surface area contributed by atoms with E-state index in [1.807, 2.05) is 12.1 Å². The van der Waals surface area contributed by atoms with Gasteiger partial charge in [0.2, 0.25) is 0 Å². The Morgan fingerprint density at radius 1 is 0.944 bits per heavy atom. The van der Waals surface area contributed by atoms with Crippen LogP contribution in [0.4, 0.5) is 0 Å². The third kappa shape index (κ3) is 4.18. The van der Waals surface area contributed by atoms with Gasteiger partial charge in [-0.25, -0.2) is 0 Å². The molecular formula is C15H15ClIO-. The van der Waals surface area contributed by atoms with Gasteiger partial charge in [-0.1, -0.05) is 0 Å². The number of hydrogen-bond donors (Lipinski definition) is 0. The van der Waals surface area contributed by atoms with E-state index in [1.54, 1.807) is 0 Å². The molecule has 0 N–H and O–H groups in total. The summed E-state index contributed by atoms with van der Waals surface area (Å²) in [6.07, 6.45) is 0. The van der Waals surface area contributed by atoms with Crippen LogP contribution in [0.3, 0.4) is 0 Å². The third-order valence-electron chi connectivity index (χ3n) is 2.39. The van der Waals surface area contributed by atoms with Gasteiger partial charge >= 0.3 is 124 Å². The van der Waals surface area contributed by atoms with Gasteiger partial charge in [-0.2, -0.15) is 0 Å². The zero-order valence-electron chi connectivity index (χ0n) is 10.2. The van der Waals surface area contributed by atoms with Crippen LogP contribution in [-0.2, 0) is 0 Å². The van der Waals surface area contributed by atoms with Crippen molar-refractivity contribution in [2.45, 2.75) is 6.92 Å². The number of rotatable bonds is 5. The maximum atomic E-state index is 5.58. The maximum absolute atomic E-state index is 5.58. The topological polar surface area (TPSA) is 9.23 Å². The molecule has 0 amide bonds. The molecule has 0 atom stereocenters. The van der Waals surface area contributed by atoms with E-state index < -0.39 is 0 Å². The predicted molar refractivity (Wildman–Crippen MR) is 71.2 cm³/mol. The van der Waals surface area contributed by atoms with E-state index in [1.165, 1.54) is 12.7 Å². The Morgan fingerprint density at radius 3 is 2.06 bits per heavy atom. The Morgan fingerprint density at radius 2 is 1.50 bits per heavy atom. The van der Waals surface area contributed by atoms with Crippen molar-refractivity contribution in [3.8, 4) is 5.75 Å². The van der Waals surface area contributed by atoms with Gasteiger partial charge in [-0.3, -0.25) is 0 Å². The van der Waals surface area contributed by atoms with E-state index >= 15 is 0 Å². The molecule has 18 heavy (non-hydrogen) atoms. The summed E-state index contributed by atoms with van der Waals surface area (Å²) in [5, 5.41) is 0. The summed E-state index contributed by atoms with van der Waals surface area (Å²) >= 11 is 5.49. The van der Waals surface area contributed by atoms with Crippen molar-refractivity contribution in [2.24, 2.45) is 0 Å². The first-order chi connectivity index (χ1) is 8.78. The van der Waals surface area contributed by atoms with Crippen LogP contribution in [0.5, 0.6) is 5.75 Å². The predicted octanol–water partition coefficient (Wildman–Crippen LogP) is 0.741. The van der Waals surface area contributed by atoms with E-state index in [0.717, 1.165) is 5.75 Å². The van der Waals surface area contributed by atoms with Crippen molar-refractivity contribution in [3.05, 3.63) is 61.2 Å². The molecule has 0 aromatic heterocycles. The summed E-state index contributed by atoms with van der Waals surface area (Å²) in [6.45, 7) is 2.68. The van der Waals surface area contributed by atoms with Crippen LogP contribution in [0.25, 0.3) is 0 Å². The van der Waals surface area contributed by atoms with Gasteiger partial charge in [0, 0.05) is 0 Å². The standard InChI is InChI=1S/C15H15ClIO/c1-12-2-4-13(5-3-12)17-14-6-8-15(9-7-14)18-11-10-16/h2-9H,10-11H2,1H3/q-1. The monoisotopic (exact) mass is 373 g/mol. The van der Waals surface area contributed by atoms with Gasteiger partial charge in [-0.15, -0.1) is 0 Å². The molecule has 0 saturated heterocycles. The van der Waals surface area contributed by atoms with Crippen molar-refractivity contribution in [2.75, 3.05) is 12.5 Å². The van der Waals surface area contributed by atoms with E-state index in [0.29, 0.717) is 12.5 Å². The van der Waals surface area contributed by atoms with Crippen LogP contribution in [0.2, 0.25) is 0 Å². The second kappa shape index (κ2) is 7.00. The van der Waals surface area contributed by atoms with Crippen molar-refractivity contribution in [3.63, 3.8) is 0 Å². The molecule has 2 aromatic carbocycles. The molecule has 0 aliphatic rings. The van der Waals surface area contributed by atoms with Crippen LogP contribution < -0.4 is 25.9 Å². The molecule has 96 valence electrons. The first-order valence-electron chi connectivity index (χ1n) is 5.78. The summed E-state index contributed by atoms with van der Waals surface area (Å²) in [6, 6.07) is 17.1. The first kappa shape index (κ1) is 13.7. The summed E-state index contributed by atoms with van der Waals surface area (Å²) in [5.74, 6) is 1.42. The van der Waals surface area contributed by atoms with E-state index in [4.69, 9.17) is 16.3 Å². The van der Waals surface area contributed by atoms with Crippen molar-refractivity contribution < 1.29 is 25.9 Å². The van der Waals surface area contributed by atoms with Gasteiger partial charge in [-0.05, 0) is 0 Å². The van der Waals surface area contributed by atoms with Crippen LogP contribution in [0.1, 0.15) is 5.56 Å². The summed E-state index contributed by atoms with van der Waals surface area (Å²) in [4.78, 5) is 0. The minimum atomic E-state index is -0.0921. The summed E-state index contributed by atoms with van der Waals surface area (Å²) < 4.78 is 8.29. The quantitative estimate of drug-likeness (QED) is 0.555. The van der Waals surface area contributed by atoms with Crippen molar-refractivity contribution in [1.29, 1.82) is 0 Å². The fourth-order valence-electron chi connectivity index (χ4n) is 1.47. The number of alkyl halides is 1. The number of aryl methyl sites for hydroxylation is 1. The van der Waals surface area contributed by atoms with Crippen LogP contribution in [0, 0.1) is 14.1 Å².